The zero-order chi connectivity index (χ0) is 13.9. The monoisotopic (exact) mass is 264 g/mol. The number of carbonyl (C=O) groups excluding carboxylic acids is 1. The van der Waals surface area contributed by atoms with Gasteiger partial charge in [0.2, 0.25) is 5.91 Å². The summed E-state index contributed by atoms with van der Waals surface area (Å²) in [6.45, 7) is 3.43. The summed E-state index contributed by atoms with van der Waals surface area (Å²) in [5, 5.41) is 9.50. The van der Waals surface area contributed by atoms with E-state index in [1.54, 1.807) is 7.11 Å². The number of hydrogen-bond donors (Lipinski definition) is 0. The van der Waals surface area contributed by atoms with Crippen LogP contribution in [0.25, 0.3) is 0 Å². The maximum Gasteiger partial charge on any atom is 0.243 e. The Bertz CT molecular complexity index is 382. The second kappa shape index (κ2) is 5.50. The fraction of sp³-hybridized carbons (Fsp3) is 0.867. The summed E-state index contributed by atoms with van der Waals surface area (Å²) in [5.74, 6) is 0.0395. The molecule has 1 saturated carbocycles. The van der Waals surface area contributed by atoms with Crippen LogP contribution in [-0.4, -0.2) is 36.6 Å². The standard InChI is InChI=1S/C15H24N2O2/c1-14(19-2)7-6-10-17(12-14)13(18)15(11-16)8-4-3-5-9-15/h3-10,12H2,1-2H3. The summed E-state index contributed by atoms with van der Waals surface area (Å²) < 4.78 is 5.54. The third-order valence-electron chi connectivity index (χ3n) is 4.77. The maximum absolute atomic E-state index is 12.8. The maximum atomic E-state index is 12.8. The molecule has 19 heavy (non-hydrogen) atoms. The van der Waals surface area contributed by atoms with Crippen LogP contribution in [0.15, 0.2) is 0 Å². The van der Waals surface area contributed by atoms with Crippen molar-refractivity contribution < 1.29 is 9.53 Å². The third kappa shape index (κ3) is 2.76. The molecular weight excluding hydrogens is 240 g/mol. The average Bonchev–Trinajstić information content (AvgIpc) is 2.47. The van der Waals surface area contributed by atoms with E-state index in [9.17, 15) is 10.1 Å². The zero-order valence-electron chi connectivity index (χ0n) is 12.1. The summed E-state index contributed by atoms with van der Waals surface area (Å²) in [6.07, 6.45) is 6.52. The molecule has 1 heterocycles. The Morgan fingerprint density at radius 3 is 2.47 bits per heavy atom. The Balaban J connectivity index is 2.12. The molecule has 2 rings (SSSR count). The van der Waals surface area contributed by atoms with E-state index in [1.165, 1.54) is 0 Å². The van der Waals surface area contributed by atoms with Gasteiger partial charge >= 0.3 is 0 Å². The Morgan fingerprint density at radius 1 is 1.21 bits per heavy atom. The lowest BCUT2D eigenvalue weighted by atomic mass is 9.73. The number of nitrogens with zero attached hydrogens (tertiary/aromatic N) is 2. The first-order valence-electron chi connectivity index (χ1n) is 7.31. The largest absolute Gasteiger partial charge is 0.377 e. The Morgan fingerprint density at radius 2 is 1.89 bits per heavy atom. The smallest absolute Gasteiger partial charge is 0.243 e. The summed E-state index contributed by atoms with van der Waals surface area (Å²) in [6, 6.07) is 2.33. The van der Waals surface area contributed by atoms with Gasteiger partial charge in [-0.05, 0) is 32.6 Å². The quantitative estimate of drug-likeness (QED) is 0.770. The molecule has 1 atom stereocenters. The van der Waals surface area contributed by atoms with E-state index < -0.39 is 5.41 Å². The van der Waals surface area contributed by atoms with Gasteiger partial charge in [0.15, 0.2) is 0 Å². The second-order valence-corrected chi connectivity index (χ2v) is 6.24. The number of rotatable bonds is 2. The molecule has 106 valence electrons. The van der Waals surface area contributed by atoms with E-state index in [4.69, 9.17) is 4.74 Å². The van der Waals surface area contributed by atoms with Crippen molar-refractivity contribution >= 4 is 5.91 Å². The van der Waals surface area contributed by atoms with E-state index in [2.05, 4.69) is 6.07 Å². The molecule has 0 spiro atoms. The highest BCUT2D eigenvalue weighted by Gasteiger charge is 2.45. The molecule has 0 radical (unpaired) electrons. The van der Waals surface area contributed by atoms with Gasteiger partial charge in [-0.15, -0.1) is 0 Å². The molecule has 0 aromatic carbocycles. The number of ether oxygens (including phenoxy) is 1. The van der Waals surface area contributed by atoms with Crippen LogP contribution in [0.1, 0.15) is 51.9 Å². The first-order chi connectivity index (χ1) is 9.05. The van der Waals surface area contributed by atoms with Crippen molar-refractivity contribution in [1.82, 2.24) is 4.90 Å². The van der Waals surface area contributed by atoms with Gasteiger partial charge in [-0.3, -0.25) is 4.79 Å². The molecule has 1 aliphatic carbocycles. The molecule has 2 fully saturated rings. The first-order valence-corrected chi connectivity index (χ1v) is 7.31. The number of amides is 1. The number of nitriles is 1. The zero-order valence-corrected chi connectivity index (χ0v) is 12.1. The summed E-state index contributed by atoms with van der Waals surface area (Å²) in [7, 11) is 1.70. The Kier molecular flexibility index (Phi) is 4.15. The highest BCUT2D eigenvalue weighted by molar-refractivity contribution is 5.85. The van der Waals surface area contributed by atoms with Crippen molar-refractivity contribution in [2.45, 2.75) is 57.5 Å². The van der Waals surface area contributed by atoms with E-state index in [0.29, 0.717) is 6.54 Å². The Hall–Kier alpha value is -1.08. The number of likely N-dealkylation sites (tertiary alicyclic amines) is 1. The molecule has 1 aliphatic heterocycles. The highest BCUT2D eigenvalue weighted by atomic mass is 16.5. The average molecular weight is 264 g/mol. The van der Waals surface area contributed by atoms with Crippen LogP contribution in [0.4, 0.5) is 0 Å². The van der Waals surface area contributed by atoms with Crippen molar-refractivity contribution in [1.29, 1.82) is 5.26 Å². The predicted octanol–water partition coefficient (Wildman–Crippen LogP) is 2.49. The topological polar surface area (TPSA) is 53.3 Å². The van der Waals surface area contributed by atoms with Crippen LogP contribution >= 0.6 is 0 Å². The van der Waals surface area contributed by atoms with E-state index in [0.717, 1.165) is 51.5 Å². The van der Waals surface area contributed by atoms with Crippen LogP contribution in [0.3, 0.4) is 0 Å². The van der Waals surface area contributed by atoms with E-state index >= 15 is 0 Å². The molecule has 1 amide bonds. The molecule has 0 bridgehead atoms. The normalized spacial score (nSPS) is 30.7. The molecule has 2 aliphatic rings. The lowest BCUT2D eigenvalue weighted by Gasteiger charge is -2.43. The molecule has 1 saturated heterocycles. The Labute approximate surface area is 115 Å². The molecule has 4 nitrogen and oxygen atoms in total. The number of carbonyl (C=O) groups is 1. The minimum atomic E-state index is -0.760. The SMILES string of the molecule is COC1(C)CCCN(C(=O)C2(C#N)CCCCC2)C1. The highest BCUT2D eigenvalue weighted by Crippen LogP contribution is 2.38. The number of hydrogen-bond acceptors (Lipinski definition) is 3. The molecule has 0 aromatic heterocycles. The first kappa shape index (κ1) is 14.3. The van der Waals surface area contributed by atoms with Crippen LogP contribution in [-0.2, 0) is 9.53 Å². The lowest BCUT2D eigenvalue weighted by Crippen LogP contribution is -2.54. The van der Waals surface area contributed by atoms with Crippen molar-refractivity contribution in [3.63, 3.8) is 0 Å². The van der Waals surface area contributed by atoms with Gasteiger partial charge in [0.05, 0.1) is 11.7 Å². The minimum Gasteiger partial charge on any atom is -0.377 e. The van der Waals surface area contributed by atoms with Crippen LogP contribution < -0.4 is 0 Å². The molecule has 1 unspecified atom stereocenters. The fourth-order valence-electron chi connectivity index (χ4n) is 3.38. The molecular formula is C15H24N2O2. The molecule has 0 aromatic rings. The molecule has 4 heteroatoms. The van der Waals surface area contributed by atoms with E-state index in [-0.39, 0.29) is 11.5 Å². The van der Waals surface area contributed by atoms with Gasteiger partial charge in [-0.25, -0.2) is 0 Å². The van der Waals surface area contributed by atoms with Crippen LogP contribution in [0, 0.1) is 16.7 Å². The van der Waals surface area contributed by atoms with Crippen molar-refractivity contribution in [2.24, 2.45) is 5.41 Å². The number of methoxy groups -OCH3 is 1. The minimum absolute atomic E-state index is 0.0395. The number of piperidine rings is 1. The summed E-state index contributed by atoms with van der Waals surface area (Å²) >= 11 is 0. The van der Waals surface area contributed by atoms with E-state index in [1.807, 2.05) is 11.8 Å². The van der Waals surface area contributed by atoms with Gasteiger partial charge in [0.25, 0.3) is 0 Å². The lowest BCUT2D eigenvalue weighted by molar-refractivity contribution is -0.148. The summed E-state index contributed by atoms with van der Waals surface area (Å²) in [4.78, 5) is 14.6. The van der Waals surface area contributed by atoms with Crippen molar-refractivity contribution in [3.05, 3.63) is 0 Å². The predicted molar refractivity (Wildman–Crippen MR) is 72.4 cm³/mol. The van der Waals surface area contributed by atoms with Crippen LogP contribution in [0.2, 0.25) is 0 Å². The van der Waals surface area contributed by atoms with Gasteiger partial charge in [-0.1, -0.05) is 19.3 Å². The van der Waals surface area contributed by atoms with Crippen molar-refractivity contribution in [3.8, 4) is 6.07 Å². The third-order valence-corrected chi connectivity index (χ3v) is 4.77. The molecule has 0 N–H and O–H groups in total. The van der Waals surface area contributed by atoms with Crippen LogP contribution in [0.5, 0.6) is 0 Å². The van der Waals surface area contributed by atoms with Gasteiger partial charge in [-0.2, -0.15) is 5.26 Å². The fourth-order valence-corrected chi connectivity index (χ4v) is 3.38. The van der Waals surface area contributed by atoms with Gasteiger partial charge < -0.3 is 9.64 Å². The van der Waals surface area contributed by atoms with Crippen molar-refractivity contribution in [2.75, 3.05) is 20.2 Å². The summed E-state index contributed by atoms with van der Waals surface area (Å²) in [5.41, 5.74) is -1.01. The second-order valence-electron chi connectivity index (χ2n) is 6.24. The van der Waals surface area contributed by atoms with Gasteiger partial charge in [0.1, 0.15) is 5.41 Å². The van der Waals surface area contributed by atoms with Gasteiger partial charge in [0, 0.05) is 20.2 Å².